The molecule has 0 bridgehead atoms. The van der Waals surface area contributed by atoms with Crippen LogP contribution < -0.4 is 10.2 Å². The van der Waals surface area contributed by atoms with E-state index in [2.05, 4.69) is 38.3 Å². The van der Waals surface area contributed by atoms with E-state index in [4.69, 9.17) is 0 Å². The summed E-state index contributed by atoms with van der Waals surface area (Å²) >= 11 is 0.290. The Labute approximate surface area is 191 Å². The number of hydrogen-bond donors (Lipinski definition) is 0. The van der Waals surface area contributed by atoms with Crippen LogP contribution in [0.1, 0.15) is 37.3 Å². The van der Waals surface area contributed by atoms with Gasteiger partial charge in [-0.3, -0.25) is 0 Å². The van der Waals surface area contributed by atoms with Gasteiger partial charge in [-0.2, -0.15) is 0 Å². The van der Waals surface area contributed by atoms with Gasteiger partial charge < -0.3 is 10.2 Å². The number of allylic oxidation sites excluding steroid dienone is 6. The number of hydrogen-bond acceptors (Lipinski definition) is 2. The molecule has 0 N–H and O–H groups in total. The molecule has 3 rings (SSSR count). The van der Waals surface area contributed by atoms with Crippen molar-refractivity contribution in [3.63, 3.8) is 0 Å². The predicted octanol–water partition coefficient (Wildman–Crippen LogP) is 6.11. The van der Waals surface area contributed by atoms with Gasteiger partial charge >= 0.3 is 72.2 Å². The summed E-state index contributed by atoms with van der Waals surface area (Å²) in [5, 5.41) is 21.9. The van der Waals surface area contributed by atoms with E-state index in [1.807, 2.05) is 24.3 Å². The summed E-state index contributed by atoms with van der Waals surface area (Å²) in [5.41, 5.74) is 1.63. The third-order valence-corrected chi connectivity index (χ3v) is 6.56. The third-order valence-electron chi connectivity index (χ3n) is 4.33. The average molecular weight is 436 g/mol. The van der Waals surface area contributed by atoms with Crippen LogP contribution in [0, 0.1) is 0 Å². The first-order valence-corrected chi connectivity index (χ1v) is 12.3. The molecule has 30 heavy (non-hydrogen) atoms. The molecule has 0 saturated carbocycles. The molecule has 0 unspecified atom stereocenters. The van der Waals surface area contributed by atoms with Crippen LogP contribution in [0.5, 0.6) is 11.5 Å². The molecule has 0 radical (unpaired) electrons. The van der Waals surface area contributed by atoms with E-state index < -0.39 is 0 Å². The molecule has 0 amide bonds. The van der Waals surface area contributed by atoms with Crippen LogP contribution >= 0.6 is 0 Å². The van der Waals surface area contributed by atoms with Gasteiger partial charge in [0, 0.05) is 0 Å². The molecule has 0 heterocycles. The second-order valence-corrected chi connectivity index (χ2v) is 9.14. The van der Waals surface area contributed by atoms with Gasteiger partial charge in [0.25, 0.3) is 0 Å². The quantitative estimate of drug-likeness (QED) is 0.285. The zero-order chi connectivity index (χ0) is 22.0. The molecule has 0 saturated heterocycles. The first-order valence-electron chi connectivity index (χ1n) is 10.4. The number of rotatable bonds is 8. The van der Waals surface area contributed by atoms with Crippen molar-refractivity contribution < 1.29 is 29.4 Å². The second-order valence-electron chi connectivity index (χ2n) is 6.81. The van der Waals surface area contributed by atoms with Crippen molar-refractivity contribution in [3.05, 3.63) is 107 Å². The number of unbranched alkanes of at least 4 members (excludes halogenated alkanes) is 1. The number of para-hydroxylation sites is 2. The van der Waals surface area contributed by atoms with E-state index >= 15 is 0 Å². The standard InChI is InChI=1S/2C9H10O.C5H5.C4H9.Ti/c2*1-2-5-8-6-3-4-7-9(8)10;1-2-4-5-3-1;1-3-4-2;/h2*2-4,6-7,10H,1,5H2;1-3H,4H2;1,3-4H2,2H3;/q;;;;+2/p-2. The van der Waals surface area contributed by atoms with Gasteiger partial charge in [0.1, 0.15) is 0 Å². The van der Waals surface area contributed by atoms with Crippen LogP contribution in [0.15, 0.2) is 95.9 Å². The van der Waals surface area contributed by atoms with Crippen molar-refractivity contribution >= 4 is 0 Å². The van der Waals surface area contributed by atoms with Gasteiger partial charge in [0.2, 0.25) is 0 Å². The van der Waals surface area contributed by atoms with E-state index in [1.165, 1.54) is 24.0 Å². The summed E-state index contributed by atoms with van der Waals surface area (Å²) in [5.74, 6) is 0.199. The van der Waals surface area contributed by atoms with Gasteiger partial charge in [-0.05, 0) is 12.8 Å². The molecular weight excluding hydrogens is 404 g/mol. The van der Waals surface area contributed by atoms with E-state index in [1.54, 1.807) is 40.3 Å². The molecule has 2 nitrogen and oxygen atoms in total. The Bertz CT molecular complexity index is 770. The van der Waals surface area contributed by atoms with Crippen LogP contribution in [0.25, 0.3) is 0 Å². The van der Waals surface area contributed by atoms with E-state index in [0.717, 1.165) is 11.1 Å². The Morgan fingerprint density at radius 1 is 0.900 bits per heavy atom. The molecule has 0 aliphatic heterocycles. The second kappa shape index (κ2) is 16.5. The zero-order valence-electron chi connectivity index (χ0n) is 18.0. The Morgan fingerprint density at radius 3 is 1.83 bits per heavy atom. The molecule has 156 valence electrons. The minimum atomic E-state index is 0.0994. The van der Waals surface area contributed by atoms with Gasteiger partial charge in [0.05, 0.1) is 0 Å². The summed E-state index contributed by atoms with van der Waals surface area (Å²) in [6, 6.07) is 14.0. The van der Waals surface area contributed by atoms with E-state index in [0.29, 0.717) is 12.8 Å². The summed E-state index contributed by atoms with van der Waals surface area (Å²) in [4.78, 5) is 0. The minimum absolute atomic E-state index is 0.0994. The van der Waals surface area contributed by atoms with Crippen LogP contribution in [-0.4, -0.2) is 0 Å². The molecule has 3 heteroatoms. The summed E-state index contributed by atoms with van der Waals surface area (Å²) < 4.78 is 3.25. The Hall–Kier alpha value is -2.29. The van der Waals surface area contributed by atoms with Gasteiger partial charge in [0.15, 0.2) is 0 Å². The maximum atomic E-state index is 11.0. The Balaban J connectivity index is 0.000000225. The molecule has 0 fully saturated rings. The molecule has 0 aromatic heterocycles. The monoisotopic (exact) mass is 436 g/mol. The summed E-state index contributed by atoms with van der Waals surface area (Å²) in [6.07, 6.45) is 15.7. The zero-order valence-corrected chi connectivity index (χ0v) is 19.5. The first kappa shape index (κ1) is 25.8. The number of benzene rings is 2. The van der Waals surface area contributed by atoms with Crippen LogP contribution in [0.3, 0.4) is 0 Å². The third kappa shape index (κ3) is 11.0. The molecule has 2 aromatic rings. The molecule has 0 atom stereocenters. The van der Waals surface area contributed by atoms with Crippen LogP contribution in [0.4, 0.5) is 0 Å². The van der Waals surface area contributed by atoms with Gasteiger partial charge in [-0.25, -0.2) is 0 Å². The maximum absolute atomic E-state index is 11.0. The molecule has 1 aliphatic carbocycles. The molecule has 1 aliphatic rings. The predicted molar refractivity (Wildman–Crippen MR) is 121 cm³/mol. The Morgan fingerprint density at radius 2 is 1.43 bits per heavy atom. The topological polar surface area (TPSA) is 46.1 Å². The SMILES string of the molecule is C=CCc1ccccc1[O-].C=CCc1ccccc1[O-].CCC[CH2][Ti+2][C]1=CC=CC1. The van der Waals surface area contributed by atoms with Crippen molar-refractivity contribution in [2.45, 2.75) is 43.8 Å². The average Bonchev–Trinajstić information content (AvgIpc) is 3.27. The summed E-state index contributed by atoms with van der Waals surface area (Å²) in [6.45, 7) is 9.39. The van der Waals surface area contributed by atoms with Crippen molar-refractivity contribution in [1.29, 1.82) is 0 Å². The van der Waals surface area contributed by atoms with Gasteiger partial charge in [-0.15, -0.1) is 24.7 Å². The van der Waals surface area contributed by atoms with Crippen molar-refractivity contribution in [2.24, 2.45) is 0 Å². The normalized spacial score (nSPS) is 11.2. The van der Waals surface area contributed by atoms with Crippen molar-refractivity contribution in [1.82, 2.24) is 0 Å². The van der Waals surface area contributed by atoms with Crippen molar-refractivity contribution in [3.8, 4) is 11.5 Å². The fourth-order valence-electron chi connectivity index (χ4n) is 2.66. The van der Waals surface area contributed by atoms with Gasteiger partial charge in [-0.1, -0.05) is 71.8 Å². The fraction of sp³-hybridized carbons (Fsp3) is 0.259. The van der Waals surface area contributed by atoms with Crippen LogP contribution in [0.2, 0.25) is 4.73 Å². The molecule has 0 spiro atoms. The van der Waals surface area contributed by atoms with Crippen LogP contribution in [-0.2, 0) is 32.0 Å². The fourth-order valence-corrected chi connectivity index (χ4v) is 4.73. The molecular formula is C27H32O2Ti. The molecule has 2 aromatic carbocycles. The van der Waals surface area contributed by atoms with E-state index in [-0.39, 0.29) is 30.7 Å². The first-order chi connectivity index (χ1) is 14.6. The van der Waals surface area contributed by atoms with E-state index in [9.17, 15) is 10.2 Å². The van der Waals surface area contributed by atoms with Crippen molar-refractivity contribution in [2.75, 3.05) is 0 Å². The summed E-state index contributed by atoms with van der Waals surface area (Å²) in [7, 11) is 0. The Kier molecular flexibility index (Phi) is 14.2.